The van der Waals surface area contributed by atoms with Gasteiger partial charge in [-0.15, -0.1) is 0 Å². The number of hydrogen-bond donors (Lipinski definition) is 1. The molecule has 0 bridgehead atoms. The van der Waals surface area contributed by atoms with Crippen LogP contribution in [0.25, 0.3) is 5.57 Å². The van der Waals surface area contributed by atoms with Crippen molar-refractivity contribution in [2.24, 2.45) is 10.9 Å². The van der Waals surface area contributed by atoms with Crippen molar-refractivity contribution in [2.75, 3.05) is 46.1 Å². The van der Waals surface area contributed by atoms with Gasteiger partial charge in [-0.05, 0) is 38.7 Å². The molecule has 4 heterocycles. The van der Waals surface area contributed by atoms with Crippen LogP contribution in [0.4, 0.5) is 0 Å². The smallest absolute Gasteiger partial charge is 0.281 e. The van der Waals surface area contributed by atoms with Gasteiger partial charge in [0.25, 0.3) is 5.91 Å². The van der Waals surface area contributed by atoms with E-state index < -0.39 is 5.92 Å². The van der Waals surface area contributed by atoms with Crippen molar-refractivity contribution < 1.29 is 19.1 Å². The molecule has 1 saturated carbocycles. The molecule has 2 amide bonds. The topological polar surface area (TPSA) is 98.1 Å². The fourth-order valence-electron chi connectivity index (χ4n) is 6.72. The number of nitrogens with one attached hydrogen (secondary N) is 1. The van der Waals surface area contributed by atoms with Crippen LogP contribution in [-0.4, -0.2) is 83.8 Å². The molecule has 1 atom stereocenters. The number of rotatable bonds is 5. The van der Waals surface area contributed by atoms with Gasteiger partial charge in [0, 0.05) is 44.0 Å². The van der Waals surface area contributed by atoms with Crippen molar-refractivity contribution in [1.82, 2.24) is 20.0 Å². The van der Waals surface area contributed by atoms with E-state index in [1.807, 2.05) is 23.8 Å². The maximum absolute atomic E-state index is 13.7. The summed E-state index contributed by atoms with van der Waals surface area (Å²) in [7, 11) is 0. The number of allylic oxidation sites excluding steroid dienone is 2. The molecule has 5 aliphatic rings. The van der Waals surface area contributed by atoms with Crippen LogP contribution in [0.5, 0.6) is 0 Å². The standard InChI is InChI=1S/C28H37N5O4/c1-19-15-24-22(25-23(27(35)31-24)17-30-33(25)20-5-11-36-12-6-20)16-21(19)26(34)29-18-28(7-3-2-4-8-28)32-9-13-37-14-10-32/h15-17,20-21H,2-14,18H2,1H3,(H,29,34). The average Bonchev–Trinajstić information content (AvgIpc) is 3.39. The molecule has 37 heavy (non-hydrogen) atoms. The van der Waals surface area contributed by atoms with Gasteiger partial charge in [0.15, 0.2) is 0 Å². The van der Waals surface area contributed by atoms with Crippen molar-refractivity contribution >= 4 is 23.1 Å². The second kappa shape index (κ2) is 10.3. The molecule has 1 unspecified atom stereocenters. The highest BCUT2D eigenvalue weighted by molar-refractivity contribution is 6.36. The zero-order valence-corrected chi connectivity index (χ0v) is 21.7. The van der Waals surface area contributed by atoms with Crippen molar-refractivity contribution in [1.29, 1.82) is 0 Å². The van der Waals surface area contributed by atoms with E-state index in [-0.39, 0.29) is 23.4 Å². The molecule has 0 aromatic carbocycles. The number of ether oxygens (including phenoxy) is 2. The van der Waals surface area contributed by atoms with Gasteiger partial charge < -0.3 is 14.8 Å². The number of aromatic nitrogens is 2. The minimum Gasteiger partial charge on any atom is -0.381 e. The van der Waals surface area contributed by atoms with Crippen LogP contribution in [0.3, 0.4) is 0 Å². The highest BCUT2D eigenvalue weighted by Crippen LogP contribution is 2.37. The fourth-order valence-corrected chi connectivity index (χ4v) is 6.72. The summed E-state index contributed by atoms with van der Waals surface area (Å²) in [5.41, 5.74) is 3.69. The van der Waals surface area contributed by atoms with Gasteiger partial charge in [0.1, 0.15) is 0 Å². The monoisotopic (exact) mass is 507 g/mol. The Balaban J connectivity index is 1.25. The Bertz CT molecular complexity index is 1150. The number of fused-ring (bicyclic) bond motifs is 3. The summed E-state index contributed by atoms with van der Waals surface area (Å²) >= 11 is 0. The Kier molecular flexibility index (Phi) is 6.86. The molecule has 9 heteroatoms. The highest BCUT2D eigenvalue weighted by Gasteiger charge is 2.40. The molecule has 9 nitrogen and oxygen atoms in total. The Morgan fingerprint density at radius 1 is 1.11 bits per heavy atom. The maximum atomic E-state index is 13.7. The fraction of sp³-hybridized carbons (Fsp3) is 0.643. The number of morpholine rings is 1. The number of carbonyl (C=O) groups excluding carboxylic acids is 2. The second-order valence-corrected chi connectivity index (χ2v) is 11.0. The van der Waals surface area contributed by atoms with Crippen LogP contribution in [0.15, 0.2) is 28.9 Å². The van der Waals surface area contributed by atoms with Gasteiger partial charge in [0.05, 0.1) is 48.3 Å². The third kappa shape index (κ3) is 4.62. The summed E-state index contributed by atoms with van der Waals surface area (Å²) in [4.78, 5) is 33.4. The van der Waals surface area contributed by atoms with E-state index in [2.05, 4.69) is 20.3 Å². The number of nitrogens with zero attached hydrogens (tertiary/aromatic N) is 4. The van der Waals surface area contributed by atoms with E-state index in [9.17, 15) is 9.59 Å². The van der Waals surface area contributed by atoms with Gasteiger partial charge in [-0.25, -0.2) is 4.99 Å². The molecular weight excluding hydrogens is 470 g/mol. The van der Waals surface area contributed by atoms with Crippen molar-refractivity contribution in [3.63, 3.8) is 0 Å². The molecule has 3 aliphatic heterocycles. The zero-order chi connectivity index (χ0) is 25.4. The largest absolute Gasteiger partial charge is 0.381 e. The van der Waals surface area contributed by atoms with E-state index in [1.165, 1.54) is 19.3 Å². The molecule has 198 valence electrons. The van der Waals surface area contributed by atoms with Gasteiger partial charge in [-0.1, -0.05) is 30.9 Å². The summed E-state index contributed by atoms with van der Waals surface area (Å²) in [5.74, 6) is -0.662. The summed E-state index contributed by atoms with van der Waals surface area (Å²) in [6, 6.07) is 0.171. The van der Waals surface area contributed by atoms with Crippen LogP contribution in [0, 0.1) is 5.92 Å². The zero-order valence-electron chi connectivity index (χ0n) is 21.7. The molecule has 0 spiro atoms. The Labute approximate surface area is 218 Å². The third-order valence-corrected chi connectivity index (χ3v) is 8.84. The molecule has 2 saturated heterocycles. The Morgan fingerprint density at radius 3 is 2.59 bits per heavy atom. The minimum atomic E-state index is -0.404. The summed E-state index contributed by atoms with van der Waals surface area (Å²) in [6.45, 7) is 7.35. The normalized spacial score (nSPS) is 26.5. The molecule has 1 aromatic heterocycles. The van der Waals surface area contributed by atoms with E-state index in [0.717, 1.165) is 68.8 Å². The first-order valence-electron chi connectivity index (χ1n) is 13.9. The lowest BCUT2D eigenvalue weighted by Gasteiger charge is -2.48. The number of aliphatic imine (C=N–C) groups is 1. The number of amides is 2. The lowest BCUT2D eigenvalue weighted by molar-refractivity contribution is -0.124. The van der Waals surface area contributed by atoms with Crippen LogP contribution in [0.2, 0.25) is 0 Å². The number of carbonyl (C=O) groups is 2. The lowest BCUT2D eigenvalue weighted by atomic mass is 9.79. The average molecular weight is 508 g/mol. The first kappa shape index (κ1) is 24.7. The highest BCUT2D eigenvalue weighted by atomic mass is 16.5. The second-order valence-electron chi connectivity index (χ2n) is 11.0. The van der Waals surface area contributed by atoms with Crippen molar-refractivity contribution in [2.45, 2.75) is 63.5 Å². The Morgan fingerprint density at radius 2 is 1.84 bits per heavy atom. The molecule has 6 rings (SSSR count). The van der Waals surface area contributed by atoms with Gasteiger partial charge in [0.2, 0.25) is 5.91 Å². The van der Waals surface area contributed by atoms with E-state index >= 15 is 0 Å². The molecule has 1 aromatic rings. The van der Waals surface area contributed by atoms with Crippen LogP contribution in [-0.2, 0) is 14.3 Å². The van der Waals surface area contributed by atoms with Gasteiger partial charge in [-0.2, -0.15) is 5.10 Å². The van der Waals surface area contributed by atoms with Crippen LogP contribution in [0.1, 0.15) is 74.0 Å². The van der Waals surface area contributed by atoms with E-state index in [1.54, 1.807) is 6.20 Å². The number of hydrogen-bond acceptors (Lipinski definition) is 6. The Hall–Kier alpha value is -2.62. The molecule has 2 aliphatic carbocycles. The van der Waals surface area contributed by atoms with Crippen LogP contribution >= 0.6 is 0 Å². The predicted molar refractivity (Wildman–Crippen MR) is 140 cm³/mol. The van der Waals surface area contributed by atoms with Crippen molar-refractivity contribution in [3.05, 3.63) is 35.2 Å². The first-order valence-corrected chi connectivity index (χ1v) is 13.9. The van der Waals surface area contributed by atoms with Gasteiger partial charge >= 0.3 is 0 Å². The van der Waals surface area contributed by atoms with Gasteiger partial charge in [-0.3, -0.25) is 19.2 Å². The summed E-state index contributed by atoms with van der Waals surface area (Å²) in [5, 5.41) is 7.94. The van der Waals surface area contributed by atoms with E-state index in [0.29, 0.717) is 31.0 Å². The third-order valence-electron chi connectivity index (χ3n) is 8.84. The summed E-state index contributed by atoms with van der Waals surface area (Å²) in [6.07, 6.45) is 13.1. The molecule has 0 radical (unpaired) electrons. The predicted octanol–water partition coefficient (Wildman–Crippen LogP) is 2.94. The summed E-state index contributed by atoms with van der Waals surface area (Å²) < 4.78 is 13.1. The molecular formula is C28H37N5O4. The van der Waals surface area contributed by atoms with E-state index in [4.69, 9.17) is 9.47 Å². The first-order chi connectivity index (χ1) is 18.1. The lowest BCUT2D eigenvalue weighted by Crippen LogP contribution is -2.60. The SMILES string of the molecule is CC1=CC2=NC(=O)c3cnn(C4CCOCC4)c3C2=CC1C(=O)NCC1(N2CCOCC2)CCCCC1. The van der Waals surface area contributed by atoms with Crippen molar-refractivity contribution in [3.8, 4) is 0 Å². The quantitative estimate of drug-likeness (QED) is 0.658. The molecule has 3 fully saturated rings. The van der Waals surface area contributed by atoms with Crippen LogP contribution < -0.4 is 5.32 Å². The minimum absolute atomic E-state index is 0.00842. The molecule has 1 N–H and O–H groups in total. The maximum Gasteiger partial charge on any atom is 0.281 e.